The topological polar surface area (TPSA) is 51.8 Å². The van der Waals surface area contributed by atoms with Gasteiger partial charge in [-0.3, -0.25) is 0 Å². The SMILES string of the molecule is c1ccc(-c2ccc3oc4cc(-c5nc(-c6ccccc6)nc(-c6cccc(-c7cccc8c7sc7ccccc78)c6)n5)ccc4c3c2)cc1. The second kappa shape index (κ2) is 11.6. The van der Waals surface area contributed by atoms with Gasteiger partial charge in [-0.15, -0.1) is 11.3 Å². The molecule has 0 N–H and O–H groups in total. The van der Waals surface area contributed by atoms with Crippen LogP contribution >= 0.6 is 11.3 Å². The first-order chi connectivity index (χ1) is 24.7. The second-order valence-electron chi connectivity index (χ2n) is 12.4. The molecule has 3 aromatic heterocycles. The fourth-order valence-electron chi connectivity index (χ4n) is 6.88. The Labute approximate surface area is 292 Å². The van der Waals surface area contributed by atoms with Crippen molar-refractivity contribution in [1.29, 1.82) is 0 Å². The van der Waals surface area contributed by atoms with Crippen LogP contribution in [-0.4, -0.2) is 15.0 Å². The Kier molecular flexibility index (Phi) is 6.64. The molecule has 7 aromatic carbocycles. The van der Waals surface area contributed by atoms with E-state index in [2.05, 4.69) is 121 Å². The van der Waals surface area contributed by atoms with E-state index >= 15 is 0 Å². The highest BCUT2D eigenvalue weighted by atomic mass is 32.1. The van der Waals surface area contributed by atoms with Crippen molar-refractivity contribution < 1.29 is 4.42 Å². The van der Waals surface area contributed by atoms with E-state index in [1.54, 1.807) is 0 Å². The monoisotopic (exact) mass is 657 g/mol. The van der Waals surface area contributed by atoms with Gasteiger partial charge in [0.25, 0.3) is 0 Å². The first-order valence-electron chi connectivity index (χ1n) is 16.6. The van der Waals surface area contributed by atoms with Gasteiger partial charge < -0.3 is 4.42 Å². The number of aromatic nitrogens is 3. The minimum absolute atomic E-state index is 0.596. The fourth-order valence-corrected chi connectivity index (χ4v) is 8.12. The highest BCUT2D eigenvalue weighted by Crippen LogP contribution is 2.41. The van der Waals surface area contributed by atoms with Crippen LogP contribution in [0.15, 0.2) is 168 Å². The average molecular weight is 658 g/mol. The predicted octanol–water partition coefficient (Wildman–Crippen LogP) is 12.5. The number of thiophene rings is 1. The van der Waals surface area contributed by atoms with Gasteiger partial charge in [0.05, 0.1) is 0 Å². The third-order valence-corrected chi connectivity index (χ3v) is 10.6. The summed E-state index contributed by atoms with van der Waals surface area (Å²) in [5.41, 5.74) is 9.04. The third kappa shape index (κ3) is 4.87. The Morgan fingerprint density at radius 3 is 1.80 bits per heavy atom. The van der Waals surface area contributed by atoms with E-state index in [0.29, 0.717) is 17.5 Å². The number of furan rings is 1. The summed E-state index contributed by atoms with van der Waals surface area (Å²) in [7, 11) is 0. The lowest BCUT2D eigenvalue weighted by molar-refractivity contribution is 0.669. The maximum Gasteiger partial charge on any atom is 0.164 e. The van der Waals surface area contributed by atoms with E-state index in [0.717, 1.165) is 49.8 Å². The average Bonchev–Trinajstić information content (AvgIpc) is 3.76. The van der Waals surface area contributed by atoms with Crippen LogP contribution in [0.3, 0.4) is 0 Å². The summed E-state index contributed by atoms with van der Waals surface area (Å²) >= 11 is 1.84. The summed E-state index contributed by atoms with van der Waals surface area (Å²) in [5.74, 6) is 1.84. The van der Waals surface area contributed by atoms with Crippen LogP contribution in [0.1, 0.15) is 0 Å². The predicted molar refractivity (Wildman–Crippen MR) is 207 cm³/mol. The Morgan fingerprint density at radius 1 is 0.360 bits per heavy atom. The standard InChI is InChI=1S/C45H27N3OS/c1-3-11-28(12-4-1)30-22-24-39-38(26-30)35-23-21-33(27-40(35)49-39)45-47-43(29-13-5-2-6-14-29)46-44(48-45)32-16-9-15-31(25-32)34-18-10-19-37-36-17-7-8-20-41(36)50-42(34)37/h1-27H. The molecule has 0 saturated heterocycles. The zero-order chi connectivity index (χ0) is 33.0. The number of nitrogens with zero attached hydrogens (tertiary/aromatic N) is 3. The summed E-state index contributed by atoms with van der Waals surface area (Å²) in [6.07, 6.45) is 0. The normalized spacial score (nSPS) is 11.6. The number of hydrogen-bond acceptors (Lipinski definition) is 5. The van der Waals surface area contributed by atoms with Gasteiger partial charge in [-0.2, -0.15) is 0 Å². The van der Waals surface area contributed by atoms with Crippen molar-refractivity contribution >= 4 is 53.4 Å². The molecule has 0 aliphatic carbocycles. The molecule has 3 heterocycles. The molecule has 50 heavy (non-hydrogen) atoms. The van der Waals surface area contributed by atoms with Crippen LogP contribution < -0.4 is 0 Å². The molecule has 4 nitrogen and oxygen atoms in total. The summed E-state index contributed by atoms with van der Waals surface area (Å²) in [5, 5.41) is 4.71. The summed E-state index contributed by atoms with van der Waals surface area (Å²) in [6, 6.07) is 56.8. The van der Waals surface area contributed by atoms with Gasteiger partial charge in [0, 0.05) is 47.6 Å². The van der Waals surface area contributed by atoms with Gasteiger partial charge in [0.2, 0.25) is 0 Å². The number of hydrogen-bond donors (Lipinski definition) is 0. The molecule has 0 spiro atoms. The van der Waals surface area contributed by atoms with E-state index in [4.69, 9.17) is 19.4 Å². The second-order valence-corrected chi connectivity index (χ2v) is 13.5. The van der Waals surface area contributed by atoms with Gasteiger partial charge >= 0.3 is 0 Å². The van der Waals surface area contributed by atoms with E-state index < -0.39 is 0 Å². The lowest BCUT2D eigenvalue weighted by Crippen LogP contribution is -2.00. The van der Waals surface area contributed by atoms with Crippen molar-refractivity contribution in [3.8, 4) is 56.4 Å². The number of benzene rings is 7. The van der Waals surface area contributed by atoms with Crippen molar-refractivity contribution in [3.05, 3.63) is 164 Å². The summed E-state index contributed by atoms with van der Waals surface area (Å²) in [6.45, 7) is 0. The highest BCUT2D eigenvalue weighted by molar-refractivity contribution is 7.26. The van der Waals surface area contributed by atoms with Gasteiger partial charge in [0.1, 0.15) is 11.2 Å². The van der Waals surface area contributed by atoms with E-state index in [1.807, 2.05) is 53.8 Å². The molecule has 0 aliphatic rings. The molecule has 5 heteroatoms. The first kappa shape index (κ1) is 28.6. The quantitative estimate of drug-likeness (QED) is 0.185. The zero-order valence-corrected chi connectivity index (χ0v) is 27.6. The van der Waals surface area contributed by atoms with Crippen LogP contribution in [0.25, 0.3) is 98.5 Å². The molecule has 10 rings (SSSR count). The largest absolute Gasteiger partial charge is 0.456 e. The fraction of sp³-hybridized carbons (Fsp3) is 0. The van der Waals surface area contributed by atoms with Gasteiger partial charge in [-0.25, -0.2) is 15.0 Å². The van der Waals surface area contributed by atoms with Crippen molar-refractivity contribution in [3.63, 3.8) is 0 Å². The molecule has 0 amide bonds. The number of fused-ring (bicyclic) bond motifs is 6. The molecule has 0 saturated carbocycles. The van der Waals surface area contributed by atoms with Crippen molar-refractivity contribution in [1.82, 2.24) is 15.0 Å². The smallest absolute Gasteiger partial charge is 0.164 e. The Balaban J connectivity index is 1.10. The van der Waals surface area contributed by atoms with Crippen LogP contribution in [0.5, 0.6) is 0 Å². The number of rotatable bonds is 5. The molecule has 0 fully saturated rings. The minimum atomic E-state index is 0.596. The summed E-state index contributed by atoms with van der Waals surface area (Å²) < 4.78 is 8.96. The molecule has 0 bridgehead atoms. The third-order valence-electron chi connectivity index (χ3n) is 9.34. The minimum Gasteiger partial charge on any atom is -0.456 e. The molecular formula is C45H27N3OS. The maximum absolute atomic E-state index is 6.39. The summed E-state index contributed by atoms with van der Waals surface area (Å²) in [4.78, 5) is 15.1. The van der Waals surface area contributed by atoms with Crippen LogP contribution in [-0.2, 0) is 0 Å². The maximum atomic E-state index is 6.39. The Bertz CT molecular complexity index is 2870. The zero-order valence-electron chi connectivity index (χ0n) is 26.7. The molecule has 0 radical (unpaired) electrons. The van der Waals surface area contributed by atoms with E-state index in [1.165, 1.54) is 31.3 Å². The van der Waals surface area contributed by atoms with E-state index in [-0.39, 0.29) is 0 Å². The van der Waals surface area contributed by atoms with Crippen molar-refractivity contribution in [2.45, 2.75) is 0 Å². The lowest BCUT2D eigenvalue weighted by atomic mass is 10.0. The van der Waals surface area contributed by atoms with Gasteiger partial charge in [-0.1, -0.05) is 127 Å². The lowest BCUT2D eigenvalue weighted by Gasteiger charge is -2.10. The van der Waals surface area contributed by atoms with E-state index in [9.17, 15) is 0 Å². The molecule has 0 atom stereocenters. The van der Waals surface area contributed by atoms with Crippen LogP contribution in [0.2, 0.25) is 0 Å². The van der Waals surface area contributed by atoms with Crippen molar-refractivity contribution in [2.24, 2.45) is 0 Å². The molecule has 234 valence electrons. The molecular weight excluding hydrogens is 631 g/mol. The van der Waals surface area contributed by atoms with Gasteiger partial charge in [0.15, 0.2) is 17.5 Å². The van der Waals surface area contributed by atoms with Crippen LogP contribution in [0, 0.1) is 0 Å². The Morgan fingerprint density at radius 2 is 0.980 bits per heavy atom. The Hall–Kier alpha value is -6.43. The van der Waals surface area contributed by atoms with Crippen molar-refractivity contribution in [2.75, 3.05) is 0 Å². The highest BCUT2D eigenvalue weighted by Gasteiger charge is 2.17. The van der Waals surface area contributed by atoms with Crippen LogP contribution in [0.4, 0.5) is 0 Å². The molecule has 0 unspecified atom stereocenters. The molecule has 10 aromatic rings. The molecule has 0 aliphatic heterocycles. The first-order valence-corrected chi connectivity index (χ1v) is 17.4. The van der Waals surface area contributed by atoms with Gasteiger partial charge in [-0.05, 0) is 58.7 Å².